The van der Waals surface area contributed by atoms with Crippen LogP contribution in [0.2, 0.25) is 0 Å². The Morgan fingerprint density at radius 2 is 1.81 bits per heavy atom. The smallest absolute Gasteiger partial charge is 0.244 e. The number of benzene rings is 2. The van der Waals surface area contributed by atoms with E-state index in [0.29, 0.717) is 6.42 Å². The number of nitrogens with one attached hydrogen (secondary N) is 1. The van der Waals surface area contributed by atoms with E-state index in [-0.39, 0.29) is 11.7 Å². The molecule has 2 atom stereocenters. The van der Waals surface area contributed by atoms with Crippen molar-refractivity contribution in [2.75, 3.05) is 10.6 Å². The van der Waals surface area contributed by atoms with Crippen molar-refractivity contribution in [2.45, 2.75) is 39.3 Å². The Hall–Kier alpha value is -2.41. The molecule has 1 amide bonds. The van der Waals surface area contributed by atoms with Gasteiger partial charge in [0.2, 0.25) is 15.9 Å². The van der Waals surface area contributed by atoms with Gasteiger partial charge in [0.25, 0.3) is 0 Å². The maximum Gasteiger partial charge on any atom is 0.244 e. The van der Waals surface area contributed by atoms with Crippen LogP contribution in [-0.4, -0.2) is 26.6 Å². The van der Waals surface area contributed by atoms with Crippen LogP contribution in [-0.2, 0) is 14.8 Å². The number of nitrogens with zero attached hydrogens (tertiary/aromatic N) is 1. The molecule has 0 aromatic heterocycles. The molecule has 2 rings (SSSR count). The van der Waals surface area contributed by atoms with E-state index in [2.05, 4.69) is 5.32 Å². The summed E-state index contributed by atoms with van der Waals surface area (Å²) in [6.07, 6.45) is 1.65. The standard InChI is InChI=1S/C20H25FN2O3S/c1-5-19(16-11-9-14(2)10-12-16)22-20(24)15(3)23(27(4,25)26)18-8-6-7-17(21)13-18/h6-13,15,19H,5H2,1-4H3,(H,22,24)/t15-,19-/m1/s1. The molecule has 1 N–H and O–H groups in total. The molecule has 0 fully saturated rings. The zero-order chi connectivity index (χ0) is 20.2. The molecule has 0 spiro atoms. The maximum atomic E-state index is 13.6. The van der Waals surface area contributed by atoms with Crippen molar-refractivity contribution < 1.29 is 17.6 Å². The number of anilines is 1. The number of carbonyl (C=O) groups is 1. The highest BCUT2D eigenvalue weighted by Crippen LogP contribution is 2.23. The summed E-state index contributed by atoms with van der Waals surface area (Å²) in [7, 11) is -3.79. The molecular weight excluding hydrogens is 367 g/mol. The highest BCUT2D eigenvalue weighted by molar-refractivity contribution is 7.92. The Labute approximate surface area is 160 Å². The normalized spacial score (nSPS) is 13.7. The monoisotopic (exact) mass is 392 g/mol. The number of aryl methyl sites for hydroxylation is 1. The molecule has 146 valence electrons. The van der Waals surface area contributed by atoms with Crippen LogP contribution >= 0.6 is 0 Å². The van der Waals surface area contributed by atoms with Gasteiger partial charge >= 0.3 is 0 Å². The largest absolute Gasteiger partial charge is 0.347 e. The van der Waals surface area contributed by atoms with Crippen molar-refractivity contribution in [1.82, 2.24) is 5.32 Å². The third-order valence-electron chi connectivity index (χ3n) is 4.36. The van der Waals surface area contributed by atoms with Crippen LogP contribution in [0.25, 0.3) is 0 Å². The second-order valence-corrected chi connectivity index (χ2v) is 8.45. The molecule has 0 aliphatic heterocycles. The molecule has 2 aromatic carbocycles. The lowest BCUT2D eigenvalue weighted by molar-refractivity contribution is -0.122. The van der Waals surface area contributed by atoms with E-state index in [4.69, 9.17) is 0 Å². The van der Waals surface area contributed by atoms with Crippen molar-refractivity contribution >= 4 is 21.6 Å². The Balaban J connectivity index is 2.27. The van der Waals surface area contributed by atoms with Gasteiger partial charge in [0.05, 0.1) is 18.0 Å². The van der Waals surface area contributed by atoms with Gasteiger partial charge in [0.15, 0.2) is 0 Å². The third kappa shape index (κ3) is 5.29. The van der Waals surface area contributed by atoms with Crippen molar-refractivity contribution in [3.05, 3.63) is 65.5 Å². The summed E-state index contributed by atoms with van der Waals surface area (Å²) in [5.41, 5.74) is 2.17. The molecule has 0 aliphatic rings. The summed E-state index contributed by atoms with van der Waals surface area (Å²) in [6, 6.07) is 11.7. The van der Waals surface area contributed by atoms with E-state index in [1.807, 2.05) is 38.1 Å². The molecule has 7 heteroatoms. The molecule has 0 radical (unpaired) electrons. The number of hydrogen-bond donors (Lipinski definition) is 1. The molecule has 0 aliphatic carbocycles. The lowest BCUT2D eigenvalue weighted by atomic mass is 10.0. The zero-order valence-electron chi connectivity index (χ0n) is 15.9. The minimum absolute atomic E-state index is 0.114. The van der Waals surface area contributed by atoms with Crippen molar-refractivity contribution in [3.8, 4) is 0 Å². The summed E-state index contributed by atoms with van der Waals surface area (Å²) < 4.78 is 39.1. The topological polar surface area (TPSA) is 66.5 Å². The van der Waals surface area contributed by atoms with Gasteiger partial charge in [0.1, 0.15) is 11.9 Å². The SMILES string of the molecule is CC[C@@H](NC(=O)[C@@H](C)N(c1cccc(F)c1)S(C)(=O)=O)c1ccc(C)cc1. The minimum atomic E-state index is -3.79. The first-order chi connectivity index (χ1) is 12.6. The highest BCUT2D eigenvalue weighted by atomic mass is 32.2. The average Bonchev–Trinajstić information content (AvgIpc) is 2.59. The fraction of sp³-hybridized carbons (Fsp3) is 0.350. The Morgan fingerprint density at radius 1 is 1.19 bits per heavy atom. The summed E-state index contributed by atoms with van der Waals surface area (Å²) >= 11 is 0. The van der Waals surface area contributed by atoms with Crippen LogP contribution in [0, 0.1) is 12.7 Å². The van der Waals surface area contributed by atoms with Crippen molar-refractivity contribution in [2.24, 2.45) is 0 Å². The van der Waals surface area contributed by atoms with Crippen molar-refractivity contribution in [3.63, 3.8) is 0 Å². The lowest BCUT2D eigenvalue weighted by Crippen LogP contribution is -2.48. The molecular formula is C20H25FN2O3S. The number of hydrogen-bond acceptors (Lipinski definition) is 3. The van der Waals surface area contributed by atoms with Crippen LogP contribution in [0.15, 0.2) is 48.5 Å². The van der Waals surface area contributed by atoms with Crippen LogP contribution in [0.3, 0.4) is 0 Å². The third-order valence-corrected chi connectivity index (χ3v) is 5.60. The maximum absolute atomic E-state index is 13.6. The molecule has 0 unspecified atom stereocenters. The van der Waals surface area contributed by atoms with Crippen LogP contribution < -0.4 is 9.62 Å². The average molecular weight is 392 g/mol. The minimum Gasteiger partial charge on any atom is -0.347 e. The molecule has 0 saturated heterocycles. The van der Waals surface area contributed by atoms with Gasteiger partial charge in [-0.3, -0.25) is 9.10 Å². The number of sulfonamides is 1. The second kappa shape index (κ2) is 8.52. The summed E-state index contributed by atoms with van der Waals surface area (Å²) in [4.78, 5) is 12.8. The molecule has 0 bridgehead atoms. The number of amides is 1. The number of halogens is 1. The van der Waals surface area contributed by atoms with Gasteiger partial charge in [0, 0.05) is 0 Å². The second-order valence-electron chi connectivity index (χ2n) is 6.59. The van der Waals surface area contributed by atoms with Gasteiger partial charge in [-0.25, -0.2) is 12.8 Å². The van der Waals surface area contributed by atoms with Gasteiger partial charge in [-0.05, 0) is 44.0 Å². The Bertz CT molecular complexity index is 898. The van der Waals surface area contributed by atoms with E-state index < -0.39 is 27.8 Å². The quantitative estimate of drug-likeness (QED) is 0.784. The van der Waals surface area contributed by atoms with Crippen LogP contribution in [0.1, 0.15) is 37.4 Å². The number of carbonyl (C=O) groups excluding carboxylic acids is 1. The van der Waals surface area contributed by atoms with Crippen LogP contribution in [0.5, 0.6) is 0 Å². The van der Waals surface area contributed by atoms with Crippen molar-refractivity contribution in [1.29, 1.82) is 0 Å². The van der Waals surface area contributed by atoms with E-state index in [1.54, 1.807) is 0 Å². The highest BCUT2D eigenvalue weighted by Gasteiger charge is 2.30. The molecule has 0 heterocycles. The summed E-state index contributed by atoms with van der Waals surface area (Å²) in [6.45, 7) is 5.41. The fourth-order valence-corrected chi connectivity index (χ4v) is 4.10. The first-order valence-electron chi connectivity index (χ1n) is 8.75. The van der Waals surface area contributed by atoms with Crippen LogP contribution in [0.4, 0.5) is 10.1 Å². The van der Waals surface area contributed by atoms with E-state index >= 15 is 0 Å². The van der Waals surface area contributed by atoms with E-state index in [0.717, 1.165) is 27.8 Å². The first kappa shape index (κ1) is 20.9. The molecule has 5 nitrogen and oxygen atoms in total. The summed E-state index contributed by atoms with van der Waals surface area (Å²) in [5.74, 6) is -1.02. The van der Waals surface area contributed by atoms with Gasteiger partial charge in [-0.1, -0.05) is 42.8 Å². The molecule has 27 heavy (non-hydrogen) atoms. The van der Waals surface area contributed by atoms with Gasteiger partial charge in [-0.15, -0.1) is 0 Å². The lowest BCUT2D eigenvalue weighted by Gasteiger charge is -2.29. The van der Waals surface area contributed by atoms with E-state index in [1.165, 1.54) is 25.1 Å². The van der Waals surface area contributed by atoms with Gasteiger partial charge < -0.3 is 5.32 Å². The Morgan fingerprint density at radius 3 is 2.33 bits per heavy atom. The predicted molar refractivity (Wildman–Crippen MR) is 106 cm³/mol. The van der Waals surface area contributed by atoms with E-state index in [9.17, 15) is 17.6 Å². The summed E-state index contributed by atoms with van der Waals surface area (Å²) in [5, 5.41) is 2.90. The molecule has 2 aromatic rings. The fourth-order valence-electron chi connectivity index (χ4n) is 2.93. The molecule has 0 saturated carbocycles. The Kier molecular flexibility index (Phi) is 6.59. The zero-order valence-corrected chi connectivity index (χ0v) is 16.8. The first-order valence-corrected chi connectivity index (χ1v) is 10.6. The predicted octanol–water partition coefficient (Wildman–Crippen LogP) is 3.56. The number of rotatable bonds is 7. The van der Waals surface area contributed by atoms with Gasteiger partial charge in [-0.2, -0.15) is 0 Å².